The predicted octanol–water partition coefficient (Wildman–Crippen LogP) is -0.134. The van der Waals surface area contributed by atoms with E-state index in [1.165, 1.54) is 0 Å². The SMILES string of the molecule is CCC(C)C(NC(=O)C(NC(=O)C(CCC(N)=O)NC(=O)C(N)CC(C)C)C(C)C)C(=O)O. The third-order valence-electron chi connectivity index (χ3n) is 5.40. The normalized spacial score (nSPS) is 15.8. The summed E-state index contributed by atoms with van der Waals surface area (Å²) in [7, 11) is 0. The van der Waals surface area contributed by atoms with Gasteiger partial charge in [-0.3, -0.25) is 19.2 Å². The van der Waals surface area contributed by atoms with E-state index in [1.807, 2.05) is 20.8 Å². The molecule has 0 aliphatic heterocycles. The summed E-state index contributed by atoms with van der Waals surface area (Å²) in [6.07, 6.45) is 0.705. The zero-order valence-corrected chi connectivity index (χ0v) is 20.5. The predicted molar refractivity (Wildman–Crippen MR) is 124 cm³/mol. The summed E-state index contributed by atoms with van der Waals surface area (Å²) >= 11 is 0. The quantitative estimate of drug-likeness (QED) is 0.191. The number of hydrogen-bond donors (Lipinski definition) is 6. The minimum Gasteiger partial charge on any atom is -0.480 e. The molecule has 4 amide bonds. The van der Waals surface area contributed by atoms with Gasteiger partial charge < -0.3 is 32.5 Å². The molecule has 0 aromatic carbocycles. The molecule has 0 saturated carbocycles. The molecule has 0 fully saturated rings. The van der Waals surface area contributed by atoms with Gasteiger partial charge in [-0.1, -0.05) is 48.0 Å². The fourth-order valence-corrected chi connectivity index (χ4v) is 3.16. The van der Waals surface area contributed by atoms with Crippen LogP contribution in [-0.2, 0) is 24.0 Å². The highest BCUT2D eigenvalue weighted by Gasteiger charge is 2.33. The van der Waals surface area contributed by atoms with Crippen LogP contribution in [0.5, 0.6) is 0 Å². The smallest absolute Gasteiger partial charge is 0.326 e. The Kier molecular flexibility index (Phi) is 13.3. The lowest BCUT2D eigenvalue weighted by molar-refractivity contribution is -0.144. The highest BCUT2D eigenvalue weighted by molar-refractivity contribution is 5.94. The average Bonchev–Trinajstić information content (AvgIpc) is 2.70. The number of carboxylic acid groups (broad SMARTS) is 1. The molecule has 8 N–H and O–H groups in total. The average molecular weight is 472 g/mol. The molecule has 11 nitrogen and oxygen atoms in total. The van der Waals surface area contributed by atoms with E-state index in [2.05, 4.69) is 16.0 Å². The molecular formula is C22H41N5O6. The Morgan fingerprint density at radius 2 is 1.39 bits per heavy atom. The first-order chi connectivity index (χ1) is 15.2. The summed E-state index contributed by atoms with van der Waals surface area (Å²) in [6.45, 7) is 10.7. The maximum atomic E-state index is 12.9. The number of amides is 4. The van der Waals surface area contributed by atoms with Gasteiger partial charge in [0.05, 0.1) is 6.04 Å². The van der Waals surface area contributed by atoms with E-state index in [0.717, 1.165) is 0 Å². The molecule has 0 aliphatic rings. The number of carbonyl (C=O) groups excluding carboxylic acids is 4. The van der Waals surface area contributed by atoms with Gasteiger partial charge in [-0.15, -0.1) is 0 Å². The Morgan fingerprint density at radius 3 is 1.82 bits per heavy atom. The molecule has 0 radical (unpaired) electrons. The molecule has 5 unspecified atom stereocenters. The zero-order valence-electron chi connectivity index (χ0n) is 20.5. The Labute approximate surface area is 195 Å². The first kappa shape index (κ1) is 30.3. The van der Waals surface area contributed by atoms with E-state index < -0.39 is 53.8 Å². The lowest BCUT2D eigenvalue weighted by Crippen LogP contribution is -2.59. The minimum atomic E-state index is -1.17. The van der Waals surface area contributed by atoms with Crippen molar-refractivity contribution in [2.45, 2.75) is 91.4 Å². The molecule has 0 aromatic heterocycles. The number of carbonyl (C=O) groups is 5. The van der Waals surface area contributed by atoms with Gasteiger partial charge in [-0.25, -0.2) is 4.79 Å². The third kappa shape index (κ3) is 11.1. The summed E-state index contributed by atoms with van der Waals surface area (Å²) in [4.78, 5) is 61.0. The van der Waals surface area contributed by atoms with Crippen LogP contribution in [0.2, 0.25) is 0 Å². The molecule has 0 heterocycles. The van der Waals surface area contributed by atoms with Crippen molar-refractivity contribution in [3.8, 4) is 0 Å². The van der Waals surface area contributed by atoms with E-state index in [9.17, 15) is 29.1 Å². The van der Waals surface area contributed by atoms with Crippen molar-refractivity contribution in [3.63, 3.8) is 0 Å². The maximum Gasteiger partial charge on any atom is 0.326 e. The molecule has 0 aliphatic carbocycles. The summed E-state index contributed by atoms with van der Waals surface area (Å²) in [5.41, 5.74) is 11.1. The zero-order chi connectivity index (χ0) is 25.9. The summed E-state index contributed by atoms with van der Waals surface area (Å²) < 4.78 is 0. The number of hydrogen-bond acceptors (Lipinski definition) is 6. The van der Waals surface area contributed by atoms with Crippen LogP contribution in [0.25, 0.3) is 0 Å². The van der Waals surface area contributed by atoms with E-state index in [-0.39, 0.29) is 30.6 Å². The van der Waals surface area contributed by atoms with Gasteiger partial charge in [0.1, 0.15) is 18.1 Å². The van der Waals surface area contributed by atoms with Crippen molar-refractivity contribution in [1.82, 2.24) is 16.0 Å². The Morgan fingerprint density at radius 1 is 0.848 bits per heavy atom. The van der Waals surface area contributed by atoms with Crippen LogP contribution in [-0.4, -0.2) is 58.9 Å². The first-order valence-corrected chi connectivity index (χ1v) is 11.4. The highest BCUT2D eigenvalue weighted by atomic mass is 16.4. The van der Waals surface area contributed by atoms with Crippen molar-refractivity contribution in [1.29, 1.82) is 0 Å². The Bertz CT molecular complexity index is 697. The van der Waals surface area contributed by atoms with Crippen molar-refractivity contribution >= 4 is 29.6 Å². The molecule has 11 heteroatoms. The van der Waals surface area contributed by atoms with Crippen LogP contribution >= 0.6 is 0 Å². The van der Waals surface area contributed by atoms with Gasteiger partial charge in [-0.05, 0) is 30.6 Å². The number of carboxylic acids is 1. The van der Waals surface area contributed by atoms with Gasteiger partial charge in [0.15, 0.2) is 0 Å². The van der Waals surface area contributed by atoms with Gasteiger partial charge in [0, 0.05) is 6.42 Å². The summed E-state index contributed by atoms with van der Waals surface area (Å²) in [5.74, 6) is -4.25. The van der Waals surface area contributed by atoms with Gasteiger partial charge in [0.25, 0.3) is 0 Å². The number of rotatable bonds is 15. The van der Waals surface area contributed by atoms with E-state index >= 15 is 0 Å². The third-order valence-corrected chi connectivity index (χ3v) is 5.40. The standard InChI is InChI=1S/C22H41N5O6/c1-7-13(6)18(22(32)33)27-21(31)17(12(4)5)26-20(30)15(8-9-16(24)28)25-19(29)14(23)10-11(2)3/h11-15,17-18H,7-10,23H2,1-6H3,(H2,24,28)(H,25,29)(H,26,30)(H,27,31)(H,32,33). The van der Waals surface area contributed by atoms with E-state index in [4.69, 9.17) is 11.5 Å². The van der Waals surface area contributed by atoms with Crippen LogP contribution in [0.3, 0.4) is 0 Å². The van der Waals surface area contributed by atoms with Crippen molar-refractivity contribution in [2.75, 3.05) is 0 Å². The van der Waals surface area contributed by atoms with Gasteiger partial charge >= 0.3 is 5.97 Å². The highest BCUT2D eigenvalue weighted by Crippen LogP contribution is 2.11. The molecule has 190 valence electrons. The first-order valence-electron chi connectivity index (χ1n) is 11.4. The Hall–Kier alpha value is -2.69. The minimum absolute atomic E-state index is 0.0711. The maximum absolute atomic E-state index is 12.9. The second-order valence-electron chi connectivity index (χ2n) is 9.24. The number of nitrogens with two attached hydrogens (primary N) is 2. The molecule has 0 bridgehead atoms. The van der Waals surface area contributed by atoms with E-state index in [1.54, 1.807) is 20.8 Å². The molecule has 0 spiro atoms. The fraction of sp³-hybridized carbons (Fsp3) is 0.773. The van der Waals surface area contributed by atoms with Crippen LogP contribution in [0.15, 0.2) is 0 Å². The molecule has 33 heavy (non-hydrogen) atoms. The lowest BCUT2D eigenvalue weighted by atomic mass is 9.97. The van der Waals surface area contributed by atoms with Crippen LogP contribution < -0.4 is 27.4 Å². The lowest BCUT2D eigenvalue weighted by Gasteiger charge is -2.28. The van der Waals surface area contributed by atoms with E-state index in [0.29, 0.717) is 12.8 Å². The van der Waals surface area contributed by atoms with Gasteiger partial charge in [0.2, 0.25) is 23.6 Å². The molecule has 0 aromatic rings. The fourth-order valence-electron chi connectivity index (χ4n) is 3.16. The Balaban J connectivity index is 5.52. The molecule has 0 saturated heterocycles. The van der Waals surface area contributed by atoms with Crippen molar-refractivity contribution in [2.24, 2.45) is 29.2 Å². The largest absolute Gasteiger partial charge is 0.480 e. The molecule has 5 atom stereocenters. The van der Waals surface area contributed by atoms with Crippen LogP contribution in [0, 0.1) is 17.8 Å². The summed E-state index contributed by atoms with van der Waals surface area (Å²) in [5, 5.41) is 17.0. The topological polar surface area (TPSA) is 194 Å². The van der Waals surface area contributed by atoms with Crippen molar-refractivity contribution in [3.05, 3.63) is 0 Å². The molecule has 0 rings (SSSR count). The van der Waals surface area contributed by atoms with Gasteiger partial charge in [-0.2, -0.15) is 0 Å². The number of aliphatic carboxylic acids is 1. The van der Waals surface area contributed by atoms with Crippen molar-refractivity contribution < 1.29 is 29.1 Å². The second kappa shape index (κ2) is 14.5. The number of nitrogens with one attached hydrogen (secondary N) is 3. The second-order valence-corrected chi connectivity index (χ2v) is 9.24. The molecular weight excluding hydrogens is 430 g/mol. The monoisotopic (exact) mass is 471 g/mol. The van der Waals surface area contributed by atoms with Crippen LogP contribution in [0.1, 0.15) is 67.2 Å². The van der Waals surface area contributed by atoms with Crippen LogP contribution in [0.4, 0.5) is 0 Å². The number of primary amides is 1. The summed E-state index contributed by atoms with van der Waals surface area (Å²) in [6, 6.07) is -4.15.